The Kier molecular flexibility index (Phi) is 4.24. The third-order valence-electron chi connectivity index (χ3n) is 4.74. The number of nitrogens with one attached hydrogen (secondary N) is 1. The lowest BCUT2D eigenvalue weighted by atomic mass is 10.0. The van der Waals surface area contributed by atoms with Gasteiger partial charge in [0.15, 0.2) is 5.76 Å². The normalized spacial score (nSPS) is 12.2. The average Bonchev–Trinajstić information content (AvgIpc) is 3.12. The van der Waals surface area contributed by atoms with E-state index in [9.17, 15) is 9.59 Å². The summed E-state index contributed by atoms with van der Waals surface area (Å²) in [7, 11) is 0. The minimum absolute atomic E-state index is 0.0860. The van der Waals surface area contributed by atoms with E-state index in [4.69, 9.17) is 4.42 Å². The summed E-state index contributed by atoms with van der Waals surface area (Å²) in [6.45, 7) is 3.39. The van der Waals surface area contributed by atoms with E-state index in [-0.39, 0.29) is 17.7 Å². The first-order valence-corrected chi connectivity index (χ1v) is 8.86. The summed E-state index contributed by atoms with van der Waals surface area (Å²) < 4.78 is 5.82. The van der Waals surface area contributed by atoms with Crippen LogP contribution in [0, 0.1) is 0 Å². The van der Waals surface area contributed by atoms with E-state index in [1.54, 1.807) is 12.1 Å². The average molecular weight is 357 g/mol. The number of carbonyl (C=O) groups is 2. The molecular weight excluding hydrogens is 338 g/mol. The topological polar surface area (TPSA) is 59.3 Å². The number of amides is 1. The van der Waals surface area contributed by atoms with Crippen LogP contribution in [0.2, 0.25) is 0 Å². The van der Waals surface area contributed by atoms with Gasteiger partial charge in [0.25, 0.3) is 0 Å². The summed E-state index contributed by atoms with van der Waals surface area (Å²) in [5.74, 6) is 0.0789. The van der Waals surface area contributed by atoms with Gasteiger partial charge in [-0.2, -0.15) is 0 Å². The van der Waals surface area contributed by atoms with E-state index < -0.39 is 0 Å². The molecule has 0 saturated heterocycles. The molecule has 3 aromatic carbocycles. The third-order valence-corrected chi connectivity index (χ3v) is 4.74. The molecule has 1 N–H and O–H groups in total. The molecule has 4 aromatic rings. The van der Waals surface area contributed by atoms with Crippen molar-refractivity contribution in [2.75, 3.05) is 0 Å². The van der Waals surface area contributed by atoms with E-state index in [2.05, 4.69) is 5.32 Å². The molecule has 0 aliphatic rings. The lowest BCUT2D eigenvalue weighted by Gasteiger charge is -2.12. The summed E-state index contributed by atoms with van der Waals surface area (Å²) in [4.78, 5) is 24.0. The fourth-order valence-corrected chi connectivity index (χ4v) is 3.36. The van der Waals surface area contributed by atoms with Crippen molar-refractivity contribution in [3.05, 3.63) is 83.6 Å². The van der Waals surface area contributed by atoms with E-state index in [1.165, 1.54) is 6.92 Å². The van der Waals surface area contributed by atoms with Crippen LogP contribution in [-0.2, 0) is 4.79 Å². The standard InChI is InChI=1S/C23H19NO3/c1-14(24-15(2)25)16-7-9-18(10-8-16)23(26)22-13-20-19-6-4-3-5-17(19)11-12-21(20)27-22/h3-14H,1-2H3,(H,24,25). The smallest absolute Gasteiger partial charge is 0.228 e. The van der Waals surface area contributed by atoms with Crippen LogP contribution in [0.1, 0.15) is 41.6 Å². The highest BCUT2D eigenvalue weighted by Crippen LogP contribution is 2.29. The second-order valence-electron chi connectivity index (χ2n) is 6.68. The second kappa shape index (κ2) is 6.72. The van der Waals surface area contributed by atoms with E-state index in [0.717, 1.165) is 21.7 Å². The predicted octanol–water partition coefficient (Wildman–Crippen LogP) is 5.01. The highest BCUT2D eigenvalue weighted by Gasteiger charge is 2.16. The summed E-state index contributed by atoms with van der Waals surface area (Å²) >= 11 is 0. The SMILES string of the molecule is CC(=O)NC(C)c1ccc(C(=O)c2cc3c(ccc4ccccc43)o2)cc1. The second-order valence-corrected chi connectivity index (χ2v) is 6.68. The third kappa shape index (κ3) is 3.22. The Morgan fingerprint density at radius 3 is 2.41 bits per heavy atom. The quantitative estimate of drug-likeness (QED) is 0.522. The highest BCUT2D eigenvalue weighted by molar-refractivity contribution is 6.13. The Labute approximate surface area is 156 Å². The molecule has 1 aromatic heterocycles. The van der Waals surface area contributed by atoms with Gasteiger partial charge in [0.05, 0.1) is 6.04 Å². The van der Waals surface area contributed by atoms with Crippen LogP contribution in [-0.4, -0.2) is 11.7 Å². The molecule has 0 radical (unpaired) electrons. The molecule has 1 heterocycles. The molecular formula is C23H19NO3. The number of hydrogen-bond acceptors (Lipinski definition) is 3. The molecule has 0 spiro atoms. The molecule has 0 aliphatic heterocycles. The van der Waals surface area contributed by atoms with Crippen LogP contribution in [0.25, 0.3) is 21.7 Å². The van der Waals surface area contributed by atoms with Gasteiger partial charge < -0.3 is 9.73 Å². The Bertz CT molecular complexity index is 1160. The molecule has 0 aliphatic carbocycles. The van der Waals surface area contributed by atoms with Gasteiger partial charge in [-0.3, -0.25) is 9.59 Å². The Balaban J connectivity index is 1.66. The van der Waals surface area contributed by atoms with Crippen LogP contribution in [0.3, 0.4) is 0 Å². The maximum Gasteiger partial charge on any atom is 0.228 e. The van der Waals surface area contributed by atoms with Gasteiger partial charge in [-0.05, 0) is 35.4 Å². The monoisotopic (exact) mass is 357 g/mol. The molecule has 4 heteroatoms. The molecule has 134 valence electrons. The van der Waals surface area contributed by atoms with Crippen molar-refractivity contribution < 1.29 is 14.0 Å². The van der Waals surface area contributed by atoms with Crippen LogP contribution in [0.5, 0.6) is 0 Å². The van der Waals surface area contributed by atoms with Gasteiger partial charge in [-0.1, -0.05) is 54.6 Å². The van der Waals surface area contributed by atoms with Gasteiger partial charge in [0.2, 0.25) is 11.7 Å². The minimum atomic E-state index is -0.158. The number of rotatable bonds is 4. The van der Waals surface area contributed by atoms with Crippen molar-refractivity contribution in [1.82, 2.24) is 5.32 Å². The summed E-state index contributed by atoms with van der Waals surface area (Å²) in [5, 5.41) is 5.95. The number of benzene rings is 3. The predicted molar refractivity (Wildman–Crippen MR) is 106 cm³/mol. The summed E-state index contributed by atoms with van der Waals surface area (Å²) in [6, 6.07) is 20.9. The molecule has 0 saturated carbocycles. The van der Waals surface area contributed by atoms with Gasteiger partial charge in [0.1, 0.15) is 5.58 Å². The lowest BCUT2D eigenvalue weighted by Crippen LogP contribution is -2.23. The number of fused-ring (bicyclic) bond motifs is 3. The molecule has 27 heavy (non-hydrogen) atoms. The highest BCUT2D eigenvalue weighted by atomic mass is 16.3. The van der Waals surface area contributed by atoms with Gasteiger partial charge in [-0.25, -0.2) is 0 Å². The molecule has 1 unspecified atom stereocenters. The molecule has 0 bridgehead atoms. The van der Waals surface area contributed by atoms with Crippen LogP contribution in [0.4, 0.5) is 0 Å². The number of hydrogen-bond donors (Lipinski definition) is 1. The van der Waals surface area contributed by atoms with Crippen molar-refractivity contribution in [3.8, 4) is 0 Å². The Morgan fingerprint density at radius 2 is 1.67 bits per heavy atom. The largest absolute Gasteiger partial charge is 0.453 e. The van der Waals surface area contributed by atoms with Crippen molar-refractivity contribution in [2.45, 2.75) is 19.9 Å². The van der Waals surface area contributed by atoms with Gasteiger partial charge in [-0.15, -0.1) is 0 Å². The van der Waals surface area contributed by atoms with Crippen molar-refractivity contribution >= 4 is 33.4 Å². The molecule has 4 nitrogen and oxygen atoms in total. The zero-order chi connectivity index (χ0) is 19.0. The first kappa shape index (κ1) is 17.0. The zero-order valence-electron chi connectivity index (χ0n) is 15.2. The van der Waals surface area contributed by atoms with Crippen molar-refractivity contribution in [1.29, 1.82) is 0 Å². The van der Waals surface area contributed by atoms with Crippen LogP contribution in [0.15, 0.2) is 71.1 Å². The molecule has 1 atom stereocenters. The molecule has 1 amide bonds. The first-order valence-electron chi connectivity index (χ1n) is 8.86. The molecule has 0 fully saturated rings. The number of furan rings is 1. The van der Waals surface area contributed by atoms with Crippen molar-refractivity contribution in [2.24, 2.45) is 0 Å². The van der Waals surface area contributed by atoms with Crippen LogP contribution < -0.4 is 5.32 Å². The lowest BCUT2D eigenvalue weighted by molar-refractivity contribution is -0.119. The van der Waals surface area contributed by atoms with Crippen molar-refractivity contribution in [3.63, 3.8) is 0 Å². The minimum Gasteiger partial charge on any atom is -0.453 e. The van der Waals surface area contributed by atoms with E-state index in [0.29, 0.717) is 16.9 Å². The van der Waals surface area contributed by atoms with E-state index in [1.807, 2.05) is 61.5 Å². The number of ketones is 1. The van der Waals surface area contributed by atoms with Gasteiger partial charge >= 0.3 is 0 Å². The zero-order valence-corrected chi connectivity index (χ0v) is 15.2. The fraction of sp³-hybridized carbons (Fsp3) is 0.130. The van der Waals surface area contributed by atoms with Crippen LogP contribution >= 0.6 is 0 Å². The Morgan fingerprint density at radius 1 is 0.926 bits per heavy atom. The fourth-order valence-electron chi connectivity index (χ4n) is 3.36. The summed E-state index contributed by atoms with van der Waals surface area (Å²) in [6.07, 6.45) is 0. The molecule has 4 rings (SSSR count). The number of carbonyl (C=O) groups excluding carboxylic acids is 2. The van der Waals surface area contributed by atoms with Gasteiger partial charge in [0, 0.05) is 17.9 Å². The van der Waals surface area contributed by atoms with E-state index >= 15 is 0 Å². The first-order chi connectivity index (χ1) is 13.0. The maximum atomic E-state index is 12.8. The summed E-state index contributed by atoms with van der Waals surface area (Å²) in [5.41, 5.74) is 2.20. The maximum absolute atomic E-state index is 12.8. The Hall–Kier alpha value is -3.40.